The first-order valence-corrected chi connectivity index (χ1v) is 12.9. The van der Waals surface area contributed by atoms with E-state index in [4.69, 9.17) is 4.74 Å². The van der Waals surface area contributed by atoms with Gasteiger partial charge >= 0.3 is 0 Å². The number of nitrogens with zero attached hydrogens (tertiary/aromatic N) is 3. The summed E-state index contributed by atoms with van der Waals surface area (Å²) in [6, 6.07) is 20.5. The Labute approximate surface area is 228 Å². The Kier molecular flexibility index (Phi) is 9.27. The smallest absolute Gasteiger partial charge is 0.254 e. The van der Waals surface area contributed by atoms with Crippen molar-refractivity contribution in [3.05, 3.63) is 95.3 Å². The molecule has 0 unspecified atom stereocenters. The van der Waals surface area contributed by atoms with E-state index < -0.39 is 11.7 Å². The molecule has 39 heavy (non-hydrogen) atoms. The van der Waals surface area contributed by atoms with Gasteiger partial charge in [-0.15, -0.1) is 0 Å². The van der Waals surface area contributed by atoms with Crippen molar-refractivity contribution in [1.82, 2.24) is 9.80 Å². The number of aryl methyl sites for hydroxylation is 1. The van der Waals surface area contributed by atoms with E-state index in [0.717, 1.165) is 17.3 Å². The van der Waals surface area contributed by atoms with Gasteiger partial charge in [-0.3, -0.25) is 14.4 Å². The zero-order valence-electron chi connectivity index (χ0n) is 22.2. The summed E-state index contributed by atoms with van der Waals surface area (Å²) in [6.07, 6.45) is 0. The first-order valence-electron chi connectivity index (χ1n) is 12.9. The number of piperazine rings is 1. The van der Waals surface area contributed by atoms with Crippen molar-refractivity contribution >= 4 is 29.1 Å². The van der Waals surface area contributed by atoms with Gasteiger partial charge in [0.1, 0.15) is 12.4 Å². The molecule has 1 saturated heterocycles. The van der Waals surface area contributed by atoms with Crippen LogP contribution in [-0.4, -0.2) is 80.5 Å². The molecule has 1 heterocycles. The second-order valence-electron chi connectivity index (χ2n) is 9.47. The number of carbonyl (C=O) groups is 3. The maximum absolute atomic E-state index is 13.6. The van der Waals surface area contributed by atoms with Crippen LogP contribution in [0.4, 0.5) is 15.8 Å². The number of hydrogen-bond acceptors (Lipinski definition) is 5. The molecule has 3 amide bonds. The van der Waals surface area contributed by atoms with Crippen molar-refractivity contribution in [3.63, 3.8) is 0 Å². The molecule has 4 rings (SSSR count). The summed E-state index contributed by atoms with van der Waals surface area (Å²) >= 11 is 0. The predicted molar refractivity (Wildman–Crippen MR) is 149 cm³/mol. The first-order chi connectivity index (χ1) is 18.8. The van der Waals surface area contributed by atoms with Crippen LogP contribution in [0, 0.1) is 12.7 Å². The van der Waals surface area contributed by atoms with Crippen LogP contribution in [0.5, 0.6) is 0 Å². The molecule has 1 fully saturated rings. The fraction of sp³-hybridized carbons (Fsp3) is 0.300. The van der Waals surface area contributed by atoms with E-state index in [1.54, 1.807) is 0 Å². The molecule has 1 aliphatic rings. The lowest BCUT2D eigenvalue weighted by molar-refractivity contribution is -0.117. The molecule has 0 aliphatic carbocycles. The summed E-state index contributed by atoms with van der Waals surface area (Å²) in [5.41, 5.74) is 3.59. The lowest BCUT2D eigenvalue weighted by Gasteiger charge is -2.36. The number of rotatable bonds is 9. The standard InChI is InChI=1S/C30H33FN4O4/c1-22-6-8-23(9-7-22)29(37)34-16-14-33(15-17-34)27-12-10-26(11-13-27)32-28(36)21-35(18-19-39-2)30(38)24-4-3-5-25(31)20-24/h3-13,20H,14-19,21H2,1-2H3,(H,32,36). The Morgan fingerprint density at radius 1 is 0.923 bits per heavy atom. The molecule has 1 aliphatic heterocycles. The molecule has 204 valence electrons. The predicted octanol–water partition coefficient (Wildman–Crippen LogP) is 3.82. The Morgan fingerprint density at radius 2 is 1.62 bits per heavy atom. The quantitative estimate of drug-likeness (QED) is 0.453. The van der Waals surface area contributed by atoms with Crippen molar-refractivity contribution in [2.75, 3.05) is 63.2 Å². The second kappa shape index (κ2) is 13.0. The third kappa shape index (κ3) is 7.42. The van der Waals surface area contributed by atoms with Crippen LogP contribution >= 0.6 is 0 Å². The summed E-state index contributed by atoms with van der Waals surface area (Å²) in [7, 11) is 1.51. The summed E-state index contributed by atoms with van der Waals surface area (Å²) in [6.45, 7) is 4.90. The Hall–Kier alpha value is -4.24. The van der Waals surface area contributed by atoms with Crippen molar-refractivity contribution in [3.8, 4) is 0 Å². The van der Waals surface area contributed by atoms with E-state index in [1.807, 2.05) is 60.4 Å². The van der Waals surface area contributed by atoms with Crippen LogP contribution in [0.25, 0.3) is 0 Å². The third-order valence-electron chi connectivity index (χ3n) is 6.64. The van der Waals surface area contributed by atoms with Crippen molar-refractivity contribution in [2.24, 2.45) is 0 Å². The zero-order chi connectivity index (χ0) is 27.8. The highest BCUT2D eigenvalue weighted by Crippen LogP contribution is 2.20. The number of amides is 3. The van der Waals surface area contributed by atoms with E-state index in [2.05, 4.69) is 10.2 Å². The molecule has 9 heteroatoms. The van der Waals surface area contributed by atoms with Crippen LogP contribution in [0.1, 0.15) is 26.3 Å². The Bertz CT molecular complexity index is 1290. The lowest BCUT2D eigenvalue weighted by atomic mass is 10.1. The molecule has 0 bridgehead atoms. The minimum absolute atomic E-state index is 0.0446. The maximum atomic E-state index is 13.6. The van der Waals surface area contributed by atoms with Gasteiger partial charge in [-0.05, 0) is 61.5 Å². The fourth-order valence-electron chi connectivity index (χ4n) is 4.43. The van der Waals surface area contributed by atoms with Gasteiger partial charge in [-0.25, -0.2) is 4.39 Å². The van der Waals surface area contributed by atoms with Crippen LogP contribution in [-0.2, 0) is 9.53 Å². The molecule has 1 N–H and O–H groups in total. The fourth-order valence-corrected chi connectivity index (χ4v) is 4.43. The number of halogens is 1. The molecule has 0 aromatic heterocycles. The molecule has 3 aromatic rings. The normalized spacial score (nSPS) is 13.2. The van der Waals surface area contributed by atoms with E-state index >= 15 is 0 Å². The second-order valence-corrected chi connectivity index (χ2v) is 9.47. The van der Waals surface area contributed by atoms with Crippen LogP contribution in [0.15, 0.2) is 72.8 Å². The van der Waals surface area contributed by atoms with Gasteiger partial charge in [0.05, 0.1) is 6.61 Å². The summed E-state index contributed by atoms with van der Waals surface area (Å²) < 4.78 is 18.7. The molecule has 0 spiro atoms. The van der Waals surface area contributed by atoms with Crippen LogP contribution in [0.2, 0.25) is 0 Å². The summed E-state index contributed by atoms with van der Waals surface area (Å²) in [5, 5.41) is 2.82. The zero-order valence-corrected chi connectivity index (χ0v) is 22.2. The lowest BCUT2D eigenvalue weighted by Crippen LogP contribution is -2.48. The van der Waals surface area contributed by atoms with E-state index in [-0.39, 0.29) is 37.1 Å². The Morgan fingerprint density at radius 3 is 2.26 bits per heavy atom. The van der Waals surface area contributed by atoms with Crippen molar-refractivity contribution in [2.45, 2.75) is 6.92 Å². The monoisotopic (exact) mass is 532 g/mol. The van der Waals surface area contributed by atoms with Crippen LogP contribution in [0.3, 0.4) is 0 Å². The van der Waals surface area contributed by atoms with E-state index in [1.165, 1.54) is 30.2 Å². The van der Waals surface area contributed by atoms with Gasteiger partial charge < -0.3 is 24.8 Å². The van der Waals surface area contributed by atoms with E-state index in [9.17, 15) is 18.8 Å². The van der Waals surface area contributed by atoms with Gasteiger partial charge in [0, 0.05) is 62.3 Å². The minimum Gasteiger partial charge on any atom is -0.383 e. The number of hydrogen-bond donors (Lipinski definition) is 1. The van der Waals surface area contributed by atoms with Crippen molar-refractivity contribution < 1.29 is 23.5 Å². The number of ether oxygens (including phenoxy) is 1. The maximum Gasteiger partial charge on any atom is 0.254 e. The number of benzene rings is 3. The van der Waals surface area contributed by atoms with Gasteiger partial charge in [0.15, 0.2) is 0 Å². The van der Waals surface area contributed by atoms with E-state index in [0.29, 0.717) is 37.4 Å². The highest BCUT2D eigenvalue weighted by Gasteiger charge is 2.23. The average Bonchev–Trinajstić information content (AvgIpc) is 2.95. The number of nitrogens with one attached hydrogen (secondary N) is 1. The highest BCUT2D eigenvalue weighted by atomic mass is 19.1. The SMILES string of the molecule is COCCN(CC(=O)Nc1ccc(N2CCN(C(=O)c3ccc(C)cc3)CC2)cc1)C(=O)c1cccc(F)c1. The number of methoxy groups -OCH3 is 1. The molecular formula is C30H33FN4O4. The van der Waals surface area contributed by atoms with Crippen molar-refractivity contribution in [1.29, 1.82) is 0 Å². The highest BCUT2D eigenvalue weighted by molar-refractivity contribution is 5.99. The molecule has 8 nitrogen and oxygen atoms in total. The average molecular weight is 533 g/mol. The van der Waals surface area contributed by atoms with Crippen LogP contribution < -0.4 is 10.2 Å². The summed E-state index contributed by atoms with van der Waals surface area (Å²) in [4.78, 5) is 43.8. The number of carbonyl (C=O) groups excluding carboxylic acids is 3. The Balaban J connectivity index is 1.31. The third-order valence-corrected chi connectivity index (χ3v) is 6.64. The molecular weight excluding hydrogens is 499 g/mol. The minimum atomic E-state index is -0.517. The van der Waals surface area contributed by atoms with Gasteiger partial charge in [-0.2, -0.15) is 0 Å². The number of anilines is 2. The molecule has 0 radical (unpaired) electrons. The molecule has 3 aromatic carbocycles. The molecule has 0 saturated carbocycles. The van der Waals surface area contributed by atoms with Gasteiger partial charge in [0.2, 0.25) is 5.91 Å². The topological polar surface area (TPSA) is 82.2 Å². The van der Waals surface area contributed by atoms with Gasteiger partial charge in [-0.1, -0.05) is 23.8 Å². The first kappa shape index (κ1) is 27.8. The molecule has 0 atom stereocenters. The summed E-state index contributed by atoms with van der Waals surface area (Å²) in [5.74, 6) is -1.29. The van der Waals surface area contributed by atoms with Gasteiger partial charge in [0.25, 0.3) is 11.8 Å². The largest absolute Gasteiger partial charge is 0.383 e.